The van der Waals surface area contributed by atoms with Gasteiger partial charge in [0.2, 0.25) is 5.91 Å². The Morgan fingerprint density at radius 3 is 3.06 bits per heavy atom. The zero-order valence-corrected chi connectivity index (χ0v) is 10.6. The van der Waals surface area contributed by atoms with Crippen molar-refractivity contribution < 1.29 is 9.18 Å². The van der Waals surface area contributed by atoms with E-state index >= 15 is 0 Å². The largest absolute Gasteiger partial charge is 0.355 e. The van der Waals surface area contributed by atoms with E-state index in [0.717, 1.165) is 36.9 Å². The van der Waals surface area contributed by atoms with E-state index in [1.807, 2.05) is 6.92 Å². The highest BCUT2D eigenvalue weighted by atomic mass is 19.1. The fourth-order valence-corrected chi connectivity index (χ4v) is 2.22. The third-order valence-corrected chi connectivity index (χ3v) is 3.38. The number of hydrogen-bond acceptors (Lipinski definition) is 2. The fourth-order valence-electron chi connectivity index (χ4n) is 2.22. The molecule has 0 radical (unpaired) electrons. The second kappa shape index (κ2) is 5.96. The molecule has 18 heavy (non-hydrogen) atoms. The summed E-state index contributed by atoms with van der Waals surface area (Å²) in [6.07, 6.45) is 2.96. The molecule has 3 nitrogen and oxygen atoms in total. The van der Waals surface area contributed by atoms with Crippen molar-refractivity contribution in [1.29, 1.82) is 0 Å². The van der Waals surface area contributed by atoms with Gasteiger partial charge in [0.05, 0.1) is 6.04 Å². The minimum absolute atomic E-state index is 0.0762. The maximum atomic E-state index is 13.0. The van der Waals surface area contributed by atoms with Gasteiger partial charge in [-0.1, -0.05) is 6.07 Å². The fraction of sp³-hybridized carbons (Fsp3) is 0.500. The Hall–Kier alpha value is -1.42. The molecule has 0 spiro atoms. The Morgan fingerprint density at radius 1 is 1.44 bits per heavy atom. The second-order valence-corrected chi connectivity index (χ2v) is 4.79. The normalized spacial score (nSPS) is 20.3. The lowest BCUT2D eigenvalue weighted by atomic mass is 10.1. The predicted octanol–water partition coefficient (Wildman–Crippen LogP) is 1.89. The molecule has 2 N–H and O–H groups in total. The van der Waals surface area contributed by atoms with Crippen LogP contribution in [0.5, 0.6) is 0 Å². The van der Waals surface area contributed by atoms with Crippen LogP contribution in [0.25, 0.3) is 0 Å². The summed E-state index contributed by atoms with van der Waals surface area (Å²) >= 11 is 0. The highest BCUT2D eigenvalue weighted by molar-refractivity contribution is 5.81. The second-order valence-electron chi connectivity index (χ2n) is 4.79. The Bertz CT molecular complexity index is 434. The van der Waals surface area contributed by atoms with Gasteiger partial charge in [0.25, 0.3) is 0 Å². The quantitative estimate of drug-likeness (QED) is 0.860. The summed E-state index contributed by atoms with van der Waals surface area (Å²) in [5, 5.41) is 6.15. The molecule has 0 aromatic heterocycles. The van der Waals surface area contributed by atoms with Crippen molar-refractivity contribution in [2.45, 2.75) is 38.8 Å². The molecule has 1 heterocycles. The minimum Gasteiger partial charge on any atom is -0.355 e. The zero-order valence-electron chi connectivity index (χ0n) is 10.6. The van der Waals surface area contributed by atoms with E-state index < -0.39 is 0 Å². The van der Waals surface area contributed by atoms with Crippen molar-refractivity contribution >= 4 is 5.91 Å². The van der Waals surface area contributed by atoms with Gasteiger partial charge in [0.15, 0.2) is 0 Å². The predicted molar refractivity (Wildman–Crippen MR) is 68.6 cm³/mol. The van der Waals surface area contributed by atoms with Gasteiger partial charge < -0.3 is 10.6 Å². The van der Waals surface area contributed by atoms with Gasteiger partial charge in [-0.15, -0.1) is 0 Å². The molecular formula is C14H19FN2O. The average Bonchev–Trinajstić information content (AvgIpc) is 2.53. The van der Waals surface area contributed by atoms with E-state index in [-0.39, 0.29) is 17.8 Å². The third-order valence-electron chi connectivity index (χ3n) is 3.38. The molecule has 4 heteroatoms. The smallest absolute Gasteiger partial charge is 0.237 e. The van der Waals surface area contributed by atoms with Gasteiger partial charge in [-0.2, -0.15) is 0 Å². The van der Waals surface area contributed by atoms with E-state index in [4.69, 9.17) is 0 Å². The first-order valence-corrected chi connectivity index (χ1v) is 6.43. The molecule has 1 aromatic rings. The first-order valence-electron chi connectivity index (χ1n) is 6.43. The molecule has 1 aliphatic heterocycles. The van der Waals surface area contributed by atoms with E-state index in [2.05, 4.69) is 10.6 Å². The molecule has 1 amide bonds. The first kappa shape index (κ1) is 13.0. The Morgan fingerprint density at radius 2 is 2.28 bits per heavy atom. The summed E-state index contributed by atoms with van der Waals surface area (Å²) in [6, 6.07) is 4.62. The SMILES string of the molecule is Cc1cc(F)ccc1CNC1CCCCNC1=O. The van der Waals surface area contributed by atoms with Crippen molar-refractivity contribution in [3.05, 3.63) is 35.1 Å². The van der Waals surface area contributed by atoms with Crippen molar-refractivity contribution in [3.63, 3.8) is 0 Å². The molecule has 1 atom stereocenters. The number of nitrogens with one attached hydrogen (secondary N) is 2. The summed E-state index contributed by atoms with van der Waals surface area (Å²) in [5.41, 5.74) is 1.95. The lowest BCUT2D eigenvalue weighted by Crippen LogP contribution is -2.42. The number of aryl methyl sites for hydroxylation is 1. The standard InChI is InChI=1S/C14H19FN2O/c1-10-8-12(15)6-5-11(10)9-17-13-4-2-3-7-16-14(13)18/h5-6,8,13,17H,2-4,7,9H2,1H3,(H,16,18). The summed E-state index contributed by atoms with van der Waals surface area (Å²) in [4.78, 5) is 11.7. The highest BCUT2D eigenvalue weighted by Crippen LogP contribution is 2.11. The molecule has 1 saturated heterocycles. The molecule has 98 valence electrons. The summed E-state index contributed by atoms with van der Waals surface area (Å²) < 4.78 is 13.0. The lowest BCUT2D eigenvalue weighted by Gasteiger charge is -2.16. The lowest BCUT2D eigenvalue weighted by molar-refractivity contribution is -0.122. The van der Waals surface area contributed by atoms with Crippen LogP contribution < -0.4 is 10.6 Å². The van der Waals surface area contributed by atoms with Crippen molar-refractivity contribution in [3.8, 4) is 0 Å². The summed E-state index contributed by atoms with van der Waals surface area (Å²) in [5.74, 6) is -0.143. The Labute approximate surface area is 107 Å². The van der Waals surface area contributed by atoms with Crippen LogP contribution in [0.4, 0.5) is 4.39 Å². The van der Waals surface area contributed by atoms with Gasteiger partial charge in [0.1, 0.15) is 5.82 Å². The van der Waals surface area contributed by atoms with E-state index in [9.17, 15) is 9.18 Å². The van der Waals surface area contributed by atoms with Crippen LogP contribution in [0.2, 0.25) is 0 Å². The third kappa shape index (κ3) is 3.29. The average molecular weight is 250 g/mol. The van der Waals surface area contributed by atoms with Crippen molar-refractivity contribution in [2.24, 2.45) is 0 Å². The summed E-state index contributed by atoms with van der Waals surface area (Å²) in [6.45, 7) is 3.25. The number of amides is 1. The van der Waals surface area contributed by atoms with Crippen molar-refractivity contribution in [2.75, 3.05) is 6.54 Å². The van der Waals surface area contributed by atoms with E-state index in [1.54, 1.807) is 6.07 Å². The topological polar surface area (TPSA) is 41.1 Å². The van der Waals surface area contributed by atoms with Crippen LogP contribution in [-0.2, 0) is 11.3 Å². The maximum absolute atomic E-state index is 13.0. The van der Waals surface area contributed by atoms with Crippen LogP contribution in [0.1, 0.15) is 30.4 Å². The molecule has 0 bridgehead atoms. The van der Waals surface area contributed by atoms with E-state index in [0.29, 0.717) is 6.54 Å². The Kier molecular flexibility index (Phi) is 4.31. The van der Waals surface area contributed by atoms with E-state index in [1.165, 1.54) is 12.1 Å². The first-order chi connectivity index (χ1) is 8.66. The number of carbonyl (C=O) groups is 1. The van der Waals surface area contributed by atoms with Crippen LogP contribution in [-0.4, -0.2) is 18.5 Å². The van der Waals surface area contributed by atoms with Crippen LogP contribution >= 0.6 is 0 Å². The molecule has 0 saturated carbocycles. The number of hydrogen-bond donors (Lipinski definition) is 2. The minimum atomic E-state index is -0.219. The van der Waals surface area contributed by atoms with Gasteiger partial charge in [-0.05, 0) is 49.4 Å². The molecule has 1 aromatic carbocycles. The van der Waals surface area contributed by atoms with Crippen molar-refractivity contribution in [1.82, 2.24) is 10.6 Å². The molecular weight excluding hydrogens is 231 g/mol. The monoisotopic (exact) mass is 250 g/mol. The van der Waals surface area contributed by atoms with Crippen LogP contribution in [0.15, 0.2) is 18.2 Å². The molecule has 0 aliphatic carbocycles. The number of benzene rings is 1. The molecule has 2 rings (SSSR count). The molecule has 1 fully saturated rings. The van der Waals surface area contributed by atoms with Gasteiger partial charge in [-0.3, -0.25) is 4.79 Å². The highest BCUT2D eigenvalue weighted by Gasteiger charge is 2.19. The van der Waals surface area contributed by atoms with Gasteiger partial charge in [0, 0.05) is 13.1 Å². The number of halogens is 1. The molecule has 1 unspecified atom stereocenters. The maximum Gasteiger partial charge on any atom is 0.237 e. The number of rotatable bonds is 3. The zero-order chi connectivity index (χ0) is 13.0. The van der Waals surface area contributed by atoms with Crippen LogP contribution in [0, 0.1) is 12.7 Å². The summed E-state index contributed by atoms with van der Waals surface area (Å²) in [7, 11) is 0. The number of carbonyl (C=O) groups excluding carboxylic acids is 1. The van der Waals surface area contributed by atoms with Gasteiger partial charge >= 0.3 is 0 Å². The van der Waals surface area contributed by atoms with Gasteiger partial charge in [-0.25, -0.2) is 4.39 Å². The Balaban J connectivity index is 1.95. The van der Waals surface area contributed by atoms with Crippen LogP contribution in [0.3, 0.4) is 0 Å². The molecule has 1 aliphatic rings.